The average molecular weight is 322 g/mol. The molecule has 3 aliphatic rings. The molecule has 3 fully saturated rings. The Balaban J connectivity index is 1.50. The molecular weight excluding hydrogens is 300 g/mol. The van der Waals surface area contributed by atoms with Crippen LogP contribution in [-0.2, 0) is 19.9 Å². The van der Waals surface area contributed by atoms with Crippen LogP contribution in [0.4, 0.5) is 0 Å². The fraction of sp³-hybridized carbons (Fsp3) is 1.00. The molecule has 2 heterocycles. The summed E-state index contributed by atoms with van der Waals surface area (Å²) < 4.78 is 49.6. The SMILES string of the molecule is O=S1(=O)CCC(N2CCC(NS(=O)(=O)C3CC3)CC2)C1. The van der Waals surface area contributed by atoms with E-state index in [4.69, 9.17) is 0 Å². The normalized spacial score (nSPS) is 32.5. The van der Waals surface area contributed by atoms with E-state index >= 15 is 0 Å². The highest BCUT2D eigenvalue weighted by atomic mass is 32.2. The lowest BCUT2D eigenvalue weighted by atomic mass is 10.0. The van der Waals surface area contributed by atoms with Crippen LogP contribution in [0, 0.1) is 0 Å². The molecule has 2 aliphatic heterocycles. The van der Waals surface area contributed by atoms with Crippen LogP contribution in [0.25, 0.3) is 0 Å². The Morgan fingerprint density at radius 3 is 2.15 bits per heavy atom. The number of nitrogens with zero attached hydrogens (tertiary/aromatic N) is 1. The third-order valence-electron chi connectivity index (χ3n) is 4.55. The number of likely N-dealkylation sites (tertiary alicyclic amines) is 1. The highest BCUT2D eigenvalue weighted by Gasteiger charge is 2.38. The second-order valence-corrected chi connectivity index (χ2v) is 10.5. The fourth-order valence-corrected chi connectivity index (χ4v) is 6.56. The maximum Gasteiger partial charge on any atom is 0.214 e. The largest absolute Gasteiger partial charge is 0.299 e. The first-order chi connectivity index (χ1) is 9.36. The van der Waals surface area contributed by atoms with Gasteiger partial charge in [-0.3, -0.25) is 4.90 Å². The van der Waals surface area contributed by atoms with Gasteiger partial charge in [-0.25, -0.2) is 21.6 Å². The van der Waals surface area contributed by atoms with E-state index < -0.39 is 19.9 Å². The Kier molecular flexibility index (Phi) is 3.85. The van der Waals surface area contributed by atoms with Crippen LogP contribution in [0.1, 0.15) is 32.1 Å². The van der Waals surface area contributed by atoms with Gasteiger partial charge < -0.3 is 0 Å². The van der Waals surface area contributed by atoms with Gasteiger partial charge in [0.1, 0.15) is 0 Å². The van der Waals surface area contributed by atoms with E-state index in [2.05, 4.69) is 9.62 Å². The van der Waals surface area contributed by atoms with E-state index in [-0.39, 0.29) is 23.1 Å². The summed E-state index contributed by atoms with van der Waals surface area (Å²) in [7, 11) is -5.95. The van der Waals surface area contributed by atoms with Gasteiger partial charge in [-0.1, -0.05) is 0 Å². The van der Waals surface area contributed by atoms with E-state index in [1.807, 2.05) is 0 Å². The van der Waals surface area contributed by atoms with Gasteiger partial charge in [0, 0.05) is 12.1 Å². The molecular formula is C12H22N2O4S2. The molecule has 116 valence electrons. The summed E-state index contributed by atoms with van der Waals surface area (Å²) in [5.74, 6) is 0.567. The zero-order valence-corrected chi connectivity index (χ0v) is 13.1. The van der Waals surface area contributed by atoms with E-state index in [1.165, 1.54) is 0 Å². The molecule has 0 amide bonds. The first-order valence-corrected chi connectivity index (χ1v) is 10.7. The molecule has 0 bridgehead atoms. The molecule has 1 unspecified atom stereocenters. The summed E-state index contributed by atoms with van der Waals surface area (Å²) in [5, 5.41) is -0.166. The highest BCUT2D eigenvalue weighted by Crippen LogP contribution is 2.29. The quantitative estimate of drug-likeness (QED) is 0.770. The third kappa shape index (κ3) is 3.35. The number of hydrogen-bond acceptors (Lipinski definition) is 5. The maximum absolute atomic E-state index is 11.9. The predicted octanol–water partition coefficient (Wildman–Crippen LogP) is -0.280. The van der Waals surface area contributed by atoms with Crippen molar-refractivity contribution >= 4 is 19.9 Å². The summed E-state index contributed by atoms with van der Waals surface area (Å²) in [6.45, 7) is 1.58. The summed E-state index contributed by atoms with van der Waals surface area (Å²) in [6.07, 6.45) is 3.86. The van der Waals surface area contributed by atoms with Crippen LogP contribution >= 0.6 is 0 Å². The minimum absolute atomic E-state index is 0.0230. The molecule has 1 aliphatic carbocycles. The van der Waals surface area contributed by atoms with Crippen molar-refractivity contribution in [2.75, 3.05) is 24.6 Å². The number of rotatable bonds is 4. The number of sulfone groups is 1. The Morgan fingerprint density at radius 1 is 1.00 bits per heavy atom. The van der Waals surface area contributed by atoms with Crippen LogP contribution < -0.4 is 4.72 Å². The van der Waals surface area contributed by atoms with E-state index in [1.54, 1.807) is 0 Å². The van der Waals surface area contributed by atoms with Crippen LogP contribution in [0.5, 0.6) is 0 Å². The van der Waals surface area contributed by atoms with Gasteiger partial charge in [-0.15, -0.1) is 0 Å². The third-order valence-corrected chi connectivity index (χ3v) is 8.31. The van der Waals surface area contributed by atoms with Crippen LogP contribution in [0.15, 0.2) is 0 Å². The molecule has 20 heavy (non-hydrogen) atoms. The minimum atomic E-state index is -3.11. The summed E-state index contributed by atoms with van der Waals surface area (Å²) in [4.78, 5) is 2.21. The predicted molar refractivity (Wildman–Crippen MR) is 76.7 cm³/mol. The molecule has 8 heteroatoms. The van der Waals surface area contributed by atoms with Crippen molar-refractivity contribution in [2.45, 2.75) is 49.4 Å². The Labute approximate surface area is 120 Å². The summed E-state index contributed by atoms with van der Waals surface area (Å²) >= 11 is 0. The molecule has 1 saturated carbocycles. The van der Waals surface area contributed by atoms with Crippen LogP contribution in [0.2, 0.25) is 0 Å². The number of nitrogens with one attached hydrogen (secondary N) is 1. The maximum atomic E-state index is 11.9. The summed E-state index contributed by atoms with van der Waals surface area (Å²) in [6, 6.07) is 0.163. The van der Waals surface area contributed by atoms with Crippen molar-refractivity contribution in [1.29, 1.82) is 0 Å². The number of hydrogen-bond donors (Lipinski definition) is 1. The Morgan fingerprint density at radius 2 is 1.65 bits per heavy atom. The second kappa shape index (κ2) is 5.23. The van der Waals surface area contributed by atoms with Gasteiger partial charge in [-0.05, 0) is 45.2 Å². The van der Waals surface area contributed by atoms with Gasteiger partial charge in [0.25, 0.3) is 0 Å². The van der Waals surface area contributed by atoms with Crippen molar-refractivity contribution < 1.29 is 16.8 Å². The zero-order valence-electron chi connectivity index (χ0n) is 11.5. The van der Waals surface area contributed by atoms with Gasteiger partial charge in [0.15, 0.2) is 9.84 Å². The van der Waals surface area contributed by atoms with Gasteiger partial charge in [0.05, 0.1) is 16.8 Å². The first kappa shape index (κ1) is 14.7. The molecule has 0 spiro atoms. The van der Waals surface area contributed by atoms with E-state index in [0.29, 0.717) is 5.75 Å². The minimum Gasteiger partial charge on any atom is -0.299 e. The van der Waals surface area contributed by atoms with Crippen LogP contribution in [0.3, 0.4) is 0 Å². The van der Waals surface area contributed by atoms with Gasteiger partial charge in [-0.2, -0.15) is 0 Å². The van der Waals surface area contributed by atoms with Gasteiger partial charge >= 0.3 is 0 Å². The van der Waals surface area contributed by atoms with Crippen molar-refractivity contribution in [2.24, 2.45) is 0 Å². The molecule has 6 nitrogen and oxygen atoms in total. The van der Waals surface area contributed by atoms with E-state index in [9.17, 15) is 16.8 Å². The molecule has 1 atom stereocenters. The molecule has 0 aromatic carbocycles. The lowest BCUT2D eigenvalue weighted by Crippen LogP contribution is -2.48. The fourth-order valence-electron chi connectivity index (χ4n) is 3.15. The zero-order chi connectivity index (χ0) is 14.4. The number of sulfonamides is 1. The lowest BCUT2D eigenvalue weighted by Gasteiger charge is -2.35. The standard InChI is InChI=1S/C12H22N2O4S2/c15-19(16)8-5-11(9-19)14-6-3-10(4-7-14)13-20(17,18)12-1-2-12/h10-13H,1-9H2. The van der Waals surface area contributed by atoms with Crippen LogP contribution in [-0.4, -0.2) is 63.7 Å². The van der Waals surface area contributed by atoms with Crippen molar-refractivity contribution in [1.82, 2.24) is 9.62 Å². The Bertz CT molecular complexity index is 560. The van der Waals surface area contributed by atoms with Gasteiger partial charge in [0.2, 0.25) is 10.0 Å². The molecule has 0 radical (unpaired) electrons. The lowest BCUT2D eigenvalue weighted by molar-refractivity contribution is 0.161. The molecule has 3 rings (SSSR count). The van der Waals surface area contributed by atoms with E-state index in [0.717, 1.165) is 45.2 Å². The first-order valence-electron chi connectivity index (χ1n) is 7.31. The molecule has 0 aromatic rings. The Hall–Kier alpha value is -0.180. The summed E-state index contributed by atoms with van der Waals surface area (Å²) in [5.41, 5.74) is 0. The smallest absolute Gasteiger partial charge is 0.214 e. The number of piperidine rings is 1. The molecule has 0 aromatic heterocycles. The molecule has 2 saturated heterocycles. The van der Waals surface area contributed by atoms with Crippen molar-refractivity contribution in [3.05, 3.63) is 0 Å². The van der Waals surface area contributed by atoms with Crippen molar-refractivity contribution in [3.63, 3.8) is 0 Å². The molecule has 1 N–H and O–H groups in total. The van der Waals surface area contributed by atoms with Crippen molar-refractivity contribution in [3.8, 4) is 0 Å². The highest BCUT2D eigenvalue weighted by molar-refractivity contribution is 7.91. The second-order valence-electron chi connectivity index (χ2n) is 6.23. The monoisotopic (exact) mass is 322 g/mol. The topological polar surface area (TPSA) is 83.6 Å². The average Bonchev–Trinajstić information content (AvgIpc) is 3.15.